The Balaban J connectivity index is 1.62. The fourth-order valence-electron chi connectivity index (χ4n) is 4.74. The van der Waals surface area contributed by atoms with Gasteiger partial charge in [-0.2, -0.15) is 0 Å². The largest absolute Gasteiger partial charge is 0.322 e. The molecule has 148 valence electrons. The van der Waals surface area contributed by atoms with Gasteiger partial charge in [-0.3, -0.25) is 29.0 Å². The van der Waals surface area contributed by atoms with E-state index in [0.29, 0.717) is 24.2 Å². The first-order valence-electron chi connectivity index (χ1n) is 9.85. The van der Waals surface area contributed by atoms with Crippen LogP contribution in [0.2, 0.25) is 0 Å². The number of amides is 4. The van der Waals surface area contributed by atoms with Crippen molar-refractivity contribution in [2.45, 2.75) is 57.9 Å². The van der Waals surface area contributed by atoms with Gasteiger partial charge in [0.1, 0.15) is 12.1 Å². The molecule has 1 saturated carbocycles. The van der Waals surface area contributed by atoms with Crippen molar-refractivity contribution < 1.29 is 19.2 Å². The van der Waals surface area contributed by atoms with Crippen molar-refractivity contribution in [1.82, 2.24) is 4.90 Å². The first-order chi connectivity index (χ1) is 13.3. The van der Waals surface area contributed by atoms with Crippen LogP contribution in [0.25, 0.3) is 0 Å². The summed E-state index contributed by atoms with van der Waals surface area (Å²) in [5.74, 6) is -1.24. The van der Waals surface area contributed by atoms with Gasteiger partial charge in [-0.05, 0) is 38.8 Å². The Bertz CT molecular complexity index is 870. The fourth-order valence-corrected chi connectivity index (χ4v) is 4.74. The fraction of sp³-hybridized carbons (Fsp3) is 0.524. The summed E-state index contributed by atoms with van der Waals surface area (Å²) in [7, 11) is 0. The number of carbonyl (C=O) groups is 4. The Morgan fingerprint density at radius 1 is 1.07 bits per heavy atom. The van der Waals surface area contributed by atoms with Crippen LogP contribution >= 0.6 is 0 Å². The van der Waals surface area contributed by atoms with Gasteiger partial charge >= 0.3 is 0 Å². The molecule has 1 N–H and O–H groups in total. The normalized spacial score (nSPS) is 23.0. The van der Waals surface area contributed by atoms with E-state index in [1.54, 1.807) is 38.1 Å². The highest BCUT2D eigenvalue weighted by atomic mass is 16.2. The van der Waals surface area contributed by atoms with Crippen LogP contribution in [0.5, 0.6) is 0 Å². The predicted molar refractivity (Wildman–Crippen MR) is 103 cm³/mol. The molecule has 3 aliphatic rings. The molecule has 1 saturated heterocycles. The Kier molecular flexibility index (Phi) is 4.28. The Hall–Kier alpha value is -2.70. The summed E-state index contributed by atoms with van der Waals surface area (Å²) < 4.78 is 0. The molecular formula is C21H25N3O4. The topological polar surface area (TPSA) is 86.8 Å². The molecule has 0 unspecified atom stereocenters. The second kappa shape index (κ2) is 6.43. The zero-order valence-corrected chi connectivity index (χ0v) is 16.3. The van der Waals surface area contributed by atoms with E-state index in [1.165, 1.54) is 4.90 Å². The van der Waals surface area contributed by atoms with Crippen molar-refractivity contribution in [3.63, 3.8) is 0 Å². The van der Waals surface area contributed by atoms with Crippen LogP contribution in [0.1, 0.15) is 52.4 Å². The minimum atomic E-state index is -1.13. The lowest BCUT2D eigenvalue weighted by molar-refractivity contribution is -0.145. The number of fused-ring (bicyclic) bond motifs is 1. The van der Waals surface area contributed by atoms with E-state index in [0.717, 1.165) is 24.2 Å². The number of likely N-dealkylation sites (tertiary alicyclic amines) is 1. The average Bonchev–Trinajstić information content (AvgIpc) is 2.87. The number of hydrogen-bond donors (Lipinski definition) is 1. The van der Waals surface area contributed by atoms with Crippen LogP contribution in [0.4, 0.5) is 11.4 Å². The highest BCUT2D eigenvalue weighted by Gasteiger charge is 2.53. The first-order valence-corrected chi connectivity index (χ1v) is 9.85. The smallest absolute Gasteiger partial charge is 0.250 e. The number of rotatable bonds is 2. The summed E-state index contributed by atoms with van der Waals surface area (Å²) in [5, 5.41) is 2.81. The van der Waals surface area contributed by atoms with Crippen molar-refractivity contribution >= 4 is 35.0 Å². The van der Waals surface area contributed by atoms with Gasteiger partial charge in [0, 0.05) is 6.42 Å². The summed E-state index contributed by atoms with van der Waals surface area (Å²) in [5.41, 5.74) is -0.631. The lowest BCUT2D eigenvalue weighted by atomic mass is 9.73. The zero-order valence-electron chi connectivity index (χ0n) is 16.3. The van der Waals surface area contributed by atoms with Crippen LogP contribution in [0, 0.1) is 5.41 Å². The van der Waals surface area contributed by atoms with Gasteiger partial charge < -0.3 is 5.32 Å². The predicted octanol–water partition coefficient (Wildman–Crippen LogP) is 2.46. The number of anilines is 2. The van der Waals surface area contributed by atoms with E-state index in [2.05, 4.69) is 5.32 Å². The SMILES string of the molecule is CC1(C)C(=O)Nc2ccccc2N1C(=O)CN1C(=O)CC2(CCCCC2)C1=O. The minimum Gasteiger partial charge on any atom is -0.322 e. The van der Waals surface area contributed by atoms with Gasteiger partial charge in [-0.25, -0.2) is 0 Å². The molecule has 2 aliphatic heterocycles. The number of benzene rings is 1. The van der Waals surface area contributed by atoms with Gasteiger partial charge in [0.05, 0.1) is 16.8 Å². The van der Waals surface area contributed by atoms with E-state index >= 15 is 0 Å². The third-order valence-corrected chi connectivity index (χ3v) is 6.35. The Morgan fingerprint density at radius 2 is 1.75 bits per heavy atom. The number of nitrogens with zero attached hydrogens (tertiary/aromatic N) is 2. The maximum atomic E-state index is 13.2. The summed E-state index contributed by atoms with van der Waals surface area (Å²) in [6.07, 6.45) is 4.57. The molecule has 2 heterocycles. The molecular weight excluding hydrogens is 358 g/mol. The van der Waals surface area contributed by atoms with E-state index in [1.807, 2.05) is 0 Å². The lowest BCUT2D eigenvalue weighted by Gasteiger charge is -2.42. The van der Waals surface area contributed by atoms with Crippen LogP contribution in [0.15, 0.2) is 24.3 Å². The maximum Gasteiger partial charge on any atom is 0.250 e. The molecule has 0 bridgehead atoms. The van der Waals surface area contributed by atoms with Gasteiger partial charge in [0.2, 0.25) is 23.6 Å². The quantitative estimate of drug-likeness (QED) is 0.795. The third-order valence-electron chi connectivity index (χ3n) is 6.35. The molecule has 7 nitrogen and oxygen atoms in total. The van der Waals surface area contributed by atoms with Crippen LogP contribution in [0.3, 0.4) is 0 Å². The van der Waals surface area contributed by atoms with Gasteiger partial charge in [-0.1, -0.05) is 31.4 Å². The molecule has 0 atom stereocenters. The third kappa shape index (κ3) is 2.72. The van der Waals surface area contributed by atoms with Gasteiger partial charge in [-0.15, -0.1) is 0 Å². The second-order valence-electron chi connectivity index (χ2n) is 8.56. The number of para-hydroxylation sites is 2. The second-order valence-corrected chi connectivity index (χ2v) is 8.56. The van der Waals surface area contributed by atoms with Crippen LogP contribution < -0.4 is 10.2 Å². The van der Waals surface area contributed by atoms with Crippen LogP contribution in [-0.4, -0.2) is 40.6 Å². The highest BCUT2D eigenvalue weighted by molar-refractivity contribution is 6.16. The Labute approximate surface area is 164 Å². The molecule has 1 aromatic carbocycles. The molecule has 4 amide bonds. The van der Waals surface area contributed by atoms with Crippen molar-refractivity contribution in [1.29, 1.82) is 0 Å². The highest BCUT2D eigenvalue weighted by Crippen LogP contribution is 2.45. The monoisotopic (exact) mass is 383 g/mol. The van der Waals surface area contributed by atoms with Gasteiger partial charge in [0.25, 0.3) is 0 Å². The van der Waals surface area contributed by atoms with Crippen LogP contribution in [-0.2, 0) is 19.2 Å². The molecule has 7 heteroatoms. The minimum absolute atomic E-state index is 0.194. The number of imide groups is 1. The number of nitrogens with one attached hydrogen (secondary N) is 1. The molecule has 0 radical (unpaired) electrons. The van der Waals surface area contributed by atoms with Gasteiger partial charge in [0.15, 0.2) is 0 Å². The summed E-state index contributed by atoms with van der Waals surface area (Å²) in [6, 6.07) is 7.05. The van der Waals surface area contributed by atoms with E-state index in [4.69, 9.17) is 0 Å². The average molecular weight is 383 g/mol. The van der Waals surface area contributed by atoms with E-state index in [-0.39, 0.29) is 30.7 Å². The molecule has 1 aliphatic carbocycles. The first kappa shape index (κ1) is 18.7. The summed E-state index contributed by atoms with van der Waals surface area (Å²) in [6.45, 7) is 2.99. The lowest BCUT2D eigenvalue weighted by Crippen LogP contribution is -2.60. The zero-order chi connectivity index (χ0) is 20.1. The van der Waals surface area contributed by atoms with Crippen molar-refractivity contribution in [3.8, 4) is 0 Å². The van der Waals surface area contributed by atoms with Crippen molar-refractivity contribution in [2.75, 3.05) is 16.8 Å². The summed E-state index contributed by atoms with van der Waals surface area (Å²) >= 11 is 0. The maximum absolute atomic E-state index is 13.2. The number of hydrogen-bond acceptors (Lipinski definition) is 4. The molecule has 0 aromatic heterocycles. The Morgan fingerprint density at radius 3 is 2.46 bits per heavy atom. The molecule has 4 rings (SSSR count). The van der Waals surface area contributed by atoms with E-state index in [9.17, 15) is 19.2 Å². The van der Waals surface area contributed by atoms with E-state index < -0.39 is 16.9 Å². The van der Waals surface area contributed by atoms with Crippen molar-refractivity contribution in [3.05, 3.63) is 24.3 Å². The molecule has 1 spiro atoms. The summed E-state index contributed by atoms with van der Waals surface area (Å²) in [4.78, 5) is 53.9. The standard InChI is InChI=1S/C21H25N3O4/c1-20(2)18(27)22-14-8-4-5-9-15(14)24(20)17(26)13-23-16(25)12-21(19(23)28)10-6-3-7-11-21/h4-5,8-9H,3,6-7,10-13H2,1-2H3,(H,22,27). The molecule has 28 heavy (non-hydrogen) atoms. The molecule has 1 aromatic rings. The number of carbonyl (C=O) groups excluding carboxylic acids is 4. The molecule has 2 fully saturated rings. The van der Waals surface area contributed by atoms with Crippen molar-refractivity contribution in [2.24, 2.45) is 5.41 Å².